The topological polar surface area (TPSA) is 65.0 Å². The van der Waals surface area contributed by atoms with Gasteiger partial charge < -0.3 is 19.3 Å². The average Bonchev–Trinajstić information content (AvgIpc) is 2.61. The fourth-order valence-corrected chi connectivity index (χ4v) is 2.33. The normalized spacial score (nSPS) is 10.7. The molecule has 1 N–H and O–H groups in total. The van der Waals surface area contributed by atoms with Gasteiger partial charge in [0.15, 0.2) is 17.3 Å². The summed E-state index contributed by atoms with van der Waals surface area (Å²) in [7, 11) is 4.44. The first kappa shape index (κ1) is 17.7. The molecular formula is C18H17ClO5. The third kappa shape index (κ3) is 3.81. The summed E-state index contributed by atoms with van der Waals surface area (Å²) in [6.07, 6.45) is 2.97. The molecule has 2 aromatic carbocycles. The summed E-state index contributed by atoms with van der Waals surface area (Å²) < 4.78 is 15.4. The minimum Gasteiger partial charge on any atom is -0.503 e. The fraction of sp³-hybridized carbons (Fsp3) is 0.167. The smallest absolute Gasteiger partial charge is 0.189 e. The molecule has 126 valence electrons. The lowest BCUT2D eigenvalue weighted by atomic mass is 10.1. The van der Waals surface area contributed by atoms with Crippen LogP contribution in [0, 0.1) is 0 Å². The van der Waals surface area contributed by atoms with Gasteiger partial charge in [0.25, 0.3) is 0 Å². The van der Waals surface area contributed by atoms with Gasteiger partial charge in [0.05, 0.1) is 31.9 Å². The number of allylic oxidation sites excluding steroid dienone is 1. The van der Waals surface area contributed by atoms with E-state index in [2.05, 4.69) is 0 Å². The molecule has 2 aromatic rings. The zero-order valence-corrected chi connectivity index (χ0v) is 14.3. The highest BCUT2D eigenvalue weighted by atomic mass is 35.5. The molecule has 0 aliphatic carbocycles. The van der Waals surface area contributed by atoms with Crippen LogP contribution in [-0.2, 0) is 0 Å². The molecule has 0 unspecified atom stereocenters. The van der Waals surface area contributed by atoms with E-state index < -0.39 is 0 Å². The predicted molar refractivity (Wildman–Crippen MR) is 92.6 cm³/mol. The molecule has 0 fully saturated rings. The molecule has 0 amide bonds. The monoisotopic (exact) mass is 348 g/mol. The molecule has 0 atom stereocenters. The van der Waals surface area contributed by atoms with E-state index in [9.17, 15) is 9.90 Å². The lowest BCUT2D eigenvalue weighted by Crippen LogP contribution is -1.99. The summed E-state index contributed by atoms with van der Waals surface area (Å²) in [6, 6.07) is 8.10. The van der Waals surface area contributed by atoms with Crippen molar-refractivity contribution in [2.75, 3.05) is 21.3 Å². The van der Waals surface area contributed by atoms with Crippen molar-refractivity contribution in [1.82, 2.24) is 0 Å². The predicted octanol–water partition coefficient (Wildman–Crippen LogP) is 3.97. The van der Waals surface area contributed by atoms with Crippen molar-refractivity contribution in [3.63, 3.8) is 0 Å². The van der Waals surface area contributed by atoms with Crippen molar-refractivity contribution < 1.29 is 24.1 Å². The summed E-state index contributed by atoms with van der Waals surface area (Å²) in [4.78, 5) is 12.4. The molecule has 0 aliphatic heterocycles. The van der Waals surface area contributed by atoms with Crippen molar-refractivity contribution in [2.24, 2.45) is 0 Å². The summed E-state index contributed by atoms with van der Waals surface area (Å²) in [5, 5.41) is 9.86. The van der Waals surface area contributed by atoms with Crippen LogP contribution in [0.4, 0.5) is 0 Å². The molecule has 0 aromatic heterocycles. The highest BCUT2D eigenvalue weighted by Crippen LogP contribution is 2.35. The van der Waals surface area contributed by atoms with Crippen molar-refractivity contribution in [3.05, 3.63) is 52.6 Å². The van der Waals surface area contributed by atoms with Crippen LogP contribution in [0.25, 0.3) is 6.08 Å². The Kier molecular flexibility index (Phi) is 5.71. The zero-order valence-electron chi connectivity index (χ0n) is 13.5. The number of carbonyl (C=O) groups excluding carboxylic acids is 1. The number of rotatable bonds is 6. The fourth-order valence-electron chi connectivity index (χ4n) is 2.11. The summed E-state index contributed by atoms with van der Waals surface area (Å²) in [5.74, 6) is 0.841. The molecule has 24 heavy (non-hydrogen) atoms. The van der Waals surface area contributed by atoms with Crippen LogP contribution in [-0.4, -0.2) is 32.2 Å². The first-order chi connectivity index (χ1) is 11.5. The summed E-state index contributed by atoms with van der Waals surface area (Å²) in [6.45, 7) is 0. The maximum atomic E-state index is 12.4. The van der Waals surface area contributed by atoms with Crippen molar-refractivity contribution in [2.45, 2.75) is 0 Å². The van der Waals surface area contributed by atoms with Crippen LogP contribution < -0.4 is 14.2 Å². The Bertz CT molecular complexity index is 783. The number of hydrogen-bond donors (Lipinski definition) is 1. The van der Waals surface area contributed by atoms with Gasteiger partial charge in [-0.25, -0.2) is 0 Å². The lowest BCUT2D eigenvalue weighted by molar-refractivity contribution is 0.104. The number of aromatic hydroxyl groups is 1. The first-order valence-electron chi connectivity index (χ1n) is 7.01. The Balaban J connectivity index is 2.33. The van der Waals surface area contributed by atoms with Gasteiger partial charge in [-0.15, -0.1) is 0 Å². The van der Waals surface area contributed by atoms with Gasteiger partial charge in [0.2, 0.25) is 0 Å². The minimum absolute atomic E-state index is 0.139. The number of phenols is 1. The quantitative estimate of drug-likeness (QED) is 0.632. The van der Waals surface area contributed by atoms with E-state index in [1.54, 1.807) is 30.3 Å². The van der Waals surface area contributed by atoms with Crippen molar-refractivity contribution >= 4 is 23.5 Å². The second-order valence-corrected chi connectivity index (χ2v) is 5.22. The van der Waals surface area contributed by atoms with Crippen LogP contribution in [0.15, 0.2) is 36.4 Å². The van der Waals surface area contributed by atoms with Crippen LogP contribution in [0.3, 0.4) is 0 Å². The number of ketones is 1. The van der Waals surface area contributed by atoms with E-state index in [1.165, 1.54) is 33.5 Å². The highest BCUT2D eigenvalue weighted by Gasteiger charge is 2.12. The first-order valence-corrected chi connectivity index (χ1v) is 7.39. The van der Waals surface area contributed by atoms with Gasteiger partial charge in [-0.1, -0.05) is 17.7 Å². The third-order valence-electron chi connectivity index (χ3n) is 3.37. The SMILES string of the molecule is COc1ccc(OC)c(C(=O)C=Cc2cc(Cl)c(O)c(OC)c2)c1. The van der Waals surface area contributed by atoms with E-state index in [1.807, 2.05) is 0 Å². The maximum Gasteiger partial charge on any atom is 0.189 e. The number of carbonyl (C=O) groups is 1. The molecule has 2 rings (SSSR count). The summed E-state index contributed by atoms with van der Waals surface area (Å²) >= 11 is 5.93. The van der Waals surface area contributed by atoms with E-state index in [-0.39, 0.29) is 22.3 Å². The third-order valence-corrected chi connectivity index (χ3v) is 3.66. The number of halogens is 1. The molecular weight excluding hydrogens is 332 g/mol. The molecule has 0 aliphatic rings. The van der Waals surface area contributed by atoms with E-state index in [4.69, 9.17) is 25.8 Å². The highest BCUT2D eigenvalue weighted by molar-refractivity contribution is 6.32. The second kappa shape index (κ2) is 7.75. The lowest BCUT2D eigenvalue weighted by Gasteiger charge is -2.08. The number of benzene rings is 2. The minimum atomic E-state index is -0.256. The average molecular weight is 349 g/mol. The molecule has 0 saturated carbocycles. The molecule has 5 nitrogen and oxygen atoms in total. The van der Waals surface area contributed by atoms with Gasteiger partial charge in [0.1, 0.15) is 11.5 Å². The van der Waals surface area contributed by atoms with Crippen molar-refractivity contribution in [1.29, 1.82) is 0 Å². The molecule has 0 heterocycles. The Morgan fingerprint density at radius 3 is 2.38 bits per heavy atom. The molecule has 0 bridgehead atoms. The summed E-state index contributed by atoms with van der Waals surface area (Å²) in [5.41, 5.74) is 0.995. The molecule has 0 radical (unpaired) electrons. The van der Waals surface area contributed by atoms with E-state index in [0.717, 1.165) is 0 Å². The molecule has 6 heteroatoms. The Hall–Kier alpha value is -2.66. The molecule has 0 saturated heterocycles. The zero-order chi connectivity index (χ0) is 17.7. The van der Waals surface area contributed by atoms with Crippen LogP contribution in [0.2, 0.25) is 5.02 Å². The van der Waals surface area contributed by atoms with E-state index >= 15 is 0 Å². The second-order valence-electron chi connectivity index (χ2n) is 4.82. The number of phenolic OH excluding ortho intramolecular Hbond substituents is 1. The van der Waals surface area contributed by atoms with Crippen LogP contribution >= 0.6 is 11.6 Å². The largest absolute Gasteiger partial charge is 0.503 e. The Morgan fingerprint density at radius 2 is 1.75 bits per heavy atom. The maximum absolute atomic E-state index is 12.4. The van der Waals surface area contributed by atoms with E-state index in [0.29, 0.717) is 22.6 Å². The molecule has 0 spiro atoms. The Labute approximate surface area is 145 Å². The van der Waals surface area contributed by atoms with Crippen molar-refractivity contribution in [3.8, 4) is 23.0 Å². The number of hydrogen-bond acceptors (Lipinski definition) is 5. The standard InChI is InChI=1S/C18H17ClO5/c1-22-12-5-7-16(23-2)13(10-12)15(20)6-4-11-8-14(19)18(21)17(9-11)24-3/h4-10,21H,1-3H3. The van der Waals surface area contributed by atoms with Gasteiger partial charge in [0, 0.05) is 0 Å². The van der Waals surface area contributed by atoms with Gasteiger partial charge in [-0.2, -0.15) is 0 Å². The Morgan fingerprint density at radius 1 is 1.04 bits per heavy atom. The van der Waals surface area contributed by atoms with Crippen LogP contribution in [0.1, 0.15) is 15.9 Å². The van der Waals surface area contributed by atoms with Gasteiger partial charge in [-0.05, 0) is 42.0 Å². The van der Waals surface area contributed by atoms with Crippen LogP contribution in [0.5, 0.6) is 23.0 Å². The van der Waals surface area contributed by atoms with Gasteiger partial charge >= 0.3 is 0 Å². The number of methoxy groups -OCH3 is 3. The number of ether oxygens (including phenoxy) is 3. The van der Waals surface area contributed by atoms with Gasteiger partial charge in [-0.3, -0.25) is 4.79 Å².